The number of urea groups is 1. The average Bonchev–Trinajstić information content (AvgIpc) is 3.17. The van der Waals surface area contributed by atoms with E-state index in [2.05, 4.69) is 20.9 Å². The van der Waals surface area contributed by atoms with Crippen molar-refractivity contribution < 1.29 is 37.1 Å². The van der Waals surface area contributed by atoms with E-state index in [1.165, 1.54) is 12.1 Å². The molecule has 1 aliphatic rings. The number of aliphatic hydroxyl groups is 1. The van der Waals surface area contributed by atoms with Gasteiger partial charge in [0, 0.05) is 17.8 Å². The summed E-state index contributed by atoms with van der Waals surface area (Å²) < 4.78 is 54.5. The third-order valence-electron chi connectivity index (χ3n) is 4.97. The van der Waals surface area contributed by atoms with Gasteiger partial charge in [-0.25, -0.2) is 14.2 Å². The van der Waals surface area contributed by atoms with E-state index in [0.717, 1.165) is 41.7 Å². The number of nitrogens with one attached hydrogen (secondary N) is 4. The lowest BCUT2D eigenvalue weighted by molar-refractivity contribution is -0.257. The van der Waals surface area contributed by atoms with Gasteiger partial charge in [-0.1, -0.05) is 17.4 Å². The summed E-state index contributed by atoms with van der Waals surface area (Å²) in [6.07, 6.45) is -5.40. The summed E-state index contributed by atoms with van der Waals surface area (Å²) in [5.41, 5.74) is -4.21. The van der Waals surface area contributed by atoms with Crippen molar-refractivity contribution >= 4 is 50.2 Å². The number of β-lactam (4-membered cyclic amide) rings is 1. The van der Waals surface area contributed by atoms with Gasteiger partial charge in [-0.15, -0.1) is 0 Å². The Kier molecular flexibility index (Phi) is 5.87. The zero-order valence-electron chi connectivity index (χ0n) is 16.9. The van der Waals surface area contributed by atoms with Crippen molar-refractivity contribution in [2.45, 2.75) is 17.8 Å². The molecule has 34 heavy (non-hydrogen) atoms. The number of carbonyl (C=O) groups excluding carboxylic acids is 3. The van der Waals surface area contributed by atoms with Crippen molar-refractivity contribution in [2.24, 2.45) is 0 Å². The third-order valence-corrected chi connectivity index (χ3v) is 5.90. The zero-order chi connectivity index (χ0) is 24.7. The van der Waals surface area contributed by atoms with Gasteiger partial charge in [0.25, 0.3) is 11.5 Å². The molecule has 0 radical (unpaired) electrons. The minimum atomic E-state index is -5.40. The summed E-state index contributed by atoms with van der Waals surface area (Å²) in [7, 11) is 0. The predicted octanol–water partition coefficient (Wildman–Crippen LogP) is 2.44. The van der Waals surface area contributed by atoms with Gasteiger partial charge in [0.05, 0.1) is 10.2 Å². The number of rotatable bonds is 5. The molecule has 1 aromatic heterocycles. The highest BCUT2D eigenvalue weighted by atomic mass is 32.1. The Bertz CT molecular complexity index is 1280. The number of benzene rings is 2. The Labute approximate surface area is 192 Å². The smallest absolute Gasteiger partial charge is 0.369 e. The highest BCUT2D eigenvalue weighted by molar-refractivity contribution is 7.22. The molecule has 3 aromatic rings. The van der Waals surface area contributed by atoms with E-state index in [0.29, 0.717) is 5.69 Å². The molecule has 0 spiro atoms. The first-order valence-corrected chi connectivity index (χ1v) is 10.4. The van der Waals surface area contributed by atoms with E-state index in [1.807, 2.05) is 5.32 Å². The third kappa shape index (κ3) is 4.36. The number of alkyl halides is 3. The summed E-state index contributed by atoms with van der Waals surface area (Å²) in [5.74, 6) is -2.94. The summed E-state index contributed by atoms with van der Waals surface area (Å²) in [5, 5.41) is 19.5. The average molecular weight is 497 g/mol. The van der Waals surface area contributed by atoms with Crippen molar-refractivity contribution in [1.29, 1.82) is 0 Å². The molecule has 9 nitrogen and oxygen atoms in total. The van der Waals surface area contributed by atoms with E-state index in [4.69, 9.17) is 0 Å². The van der Waals surface area contributed by atoms with Crippen LogP contribution in [0.2, 0.25) is 0 Å². The number of nitrogens with zero attached hydrogens (tertiary/aromatic N) is 1. The van der Waals surface area contributed by atoms with Gasteiger partial charge in [0.2, 0.25) is 5.91 Å². The normalized spacial score (nSPS) is 17.3. The van der Waals surface area contributed by atoms with Crippen LogP contribution in [-0.4, -0.2) is 46.7 Å². The van der Waals surface area contributed by atoms with E-state index < -0.39 is 47.0 Å². The van der Waals surface area contributed by atoms with E-state index in [-0.39, 0.29) is 21.9 Å². The molecule has 0 bridgehead atoms. The fraction of sp³-hybridized carbons (Fsp3) is 0.200. The summed E-state index contributed by atoms with van der Waals surface area (Å²) in [6, 6.07) is 6.02. The SMILES string of the molecule is O=C(Nc1ccc(F)cc1)Nc1nc2ccc([C@](O)(C(=O)N[C@H]3CNC3=O)C(F)(F)F)cc2s1. The van der Waals surface area contributed by atoms with Gasteiger partial charge in [-0.3, -0.25) is 14.9 Å². The fourth-order valence-corrected chi connectivity index (χ4v) is 3.99. The number of amides is 4. The van der Waals surface area contributed by atoms with Crippen molar-refractivity contribution in [1.82, 2.24) is 15.6 Å². The minimum absolute atomic E-state index is 0.0258. The van der Waals surface area contributed by atoms with Gasteiger partial charge in [0.15, 0.2) is 5.13 Å². The highest BCUT2D eigenvalue weighted by Crippen LogP contribution is 2.41. The van der Waals surface area contributed by atoms with Crippen molar-refractivity contribution in [3.8, 4) is 0 Å². The van der Waals surface area contributed by atoms with Crippen molar-refractivity contribution in [3.63, 3.8) is 0 Å². The quantitative estimate of drug-likeness (QED) is 0.273. The second kappa shape index (κ2) is 8.53. The number of carbonyl (C=O) groups is 3. The first kappa shape index (κ1) is 23.4. The van der Waals surface area contributed by atoms with Gasteiger partial charge >= 0.3 is 12.2 Å². The Morgan fingerprint density at radius 1 is 1.12 bits per heavy atom. The predicted molar refractivity (Wildman–Crippen MR) is 114 cm³/mol. The van der Waals surface area contributed by atoms with Crippen LogP contribution in [0.1, 0.15) is 5.56 Å². The fourth-order valence-electron chi connectivity index (χ4n) is 3.09. The van der Waals surface area contributed by atoms with Crippen LogP contribution < -0.4 is 21.3 Å². The number of anilines is 2. The van der Waals surface area contributed by atoms with Crippen LogP contribution in [-0.2, 0) is 15.2 Å². The number of thiazole rings is 1. The molecule has 2 aromatic carbocycles. The summed E-state index contributed by atoms with van der Waals surface area (Å²) in [4.78, 5) is 39.9. The number of hydrogen-bond acceptors (Lipinski definition) is 6. The molecule has 4 rings (SSSR count). The lowest BCUT2D eigenvalue weighted by atomic mass is 9.91. The largest absolute Gasteiger partial charge is 0.430 e. The van der Waals surface area contributed by atoms with Crippen LogP contribution >= 0.6 is 11.3 Å². The maximum absolute atomic E-state index is 13.8. The molecular formula is C20H15F4N5O4S. The molecule has 0 saturated carbocycles. The van der Waals surface area contributed by atoms with Gasteiger partial charge < -0.3 is 21.1 Å². The Morgan fingerprint density at radius 2 is 1.82 bits per heavy atom. The molecule has 1 saturated heterocycles. The van der Waals surface area contributed by atoms with Gasteiger partial charge in [-0.2, -0.15) is 13.2 Å². The van der Waals surface area contributed by atoms with E-state index >= 15 is 0 Å². The summed E-state index contributed by atoms with van der Waals surface area (Å²) in [6.45, 7) is -0.0542. The van der Waals surface area contributed by atoms with Crippen molar-refractivity contribution in [2.75, 3.05) is 17.2 Å². The lowest BCUT2D eigenvalue weighted by Crippen LogP contribution is -2.66. The van der Waals surface area contributed by atoms with Crippen LogP contribution in [0, 0.1) is 5.82 Å². The van der Waals surface area contributed by atoms with Gasteiger partial charge in [-0.05, 0) is 36.4 Å². The molecular weight excluding hydrogens is 482 g/mol. The Hall–Kier alpha value is -3.78. The van der Waals surface area contributed by atoms with Gasteiger partial charge in [0.1, 0.15) is 11.9 Å². The molecule has 178 valence electrons. The molecule has 0 unspecified atom stereocenters. The minimum Gasteiger partial charge on any atom is -0.369 e. The second-order valence-corrected chi connectivity index (χ2v) is 8.30. The van der Waals surface area contributed by atoms with Crippen LogP contribution in [0.5, 0.6) is 0 Å². The molecule has 0 aliphatic carbocycles. The zero-order valence-corrected chi connectivity index (χ0v) is 17.7. The summed E-state index contributed by atoms with van der Waals surface area (Å²) >= 11 is 0.804. The maximum Gasteiger partial charge on any atom is 0.430 e. The Balaban J connectivity index is 1.56. The maximum atomic E-state index is 13.8. The first-order chi connectivity index (χ1) is 16.0. The monoisotopic (exact) mass is 497 g/mol. The molecule has 14 heteroatoms. The topological polar surface area (TPSA) is 132 Å². The van der Waals surface area contributed by atoms with Crippen LogP contribution in [0.4, 0.5) is 33.2 Å². The molecule has 1 fully saturated rings. The molecule has 1 aliphatic heterocycles. The van der Waals surface area contributed by atoms with Crippen LogP contribution in [0.3, 0.4) is 0 Å². The number of aromatic nitrogens is 1. The molecule has 4 amide bonds. The number of hydrogen-bond donors (Lipinski definition) is 5. The second-order valence-electron chi connectivity index (χ2n) is 7.27. The number of halogens is 4. The molecule has 2 atom stereocenters. The molecule has 2 heterocycles. The standard InChI is InChI=1S/C20H15F4N5O4S/c21-10-2-4-11(5-3-10)26-17(32)29-18-28-12-6-1-9(7-14(12)34-18)19(33,20(22,23)24)16(31)27-13-8-25-15(13)30/h1-7,13,33H,8H2,(H,25,30)(H,27,31)(H2,26,28,29,32)/t13-,19-/m0/s1. The van der Waals surface area contributed by atoms with Crippen LogP contribution in [0.25, 0.3) is 10.2 Å². The highest BCUT2D eigenvalue weighted by Gasteiger charge is 2.61. The van der Waals surface area contributed by atoms with E-state index in [1.54, 1.807) is 0 Å². The van der Waals surface area contributed by atoms with Crippen LogP contribution in [0.15, 0.2) is 42.5 Å². The number of fused-ring (bicyclic) bond motifs is 1. The van der Waals surface area contributed by atoms with Crippen molar-refractivity contribution in [3.05, 3.63) is 53.8 Å². The Morgan fingerprint density at radius 3 is 2.41 bits per heavy atom. The van der Waals surface area contributed by atoms with E-state index in [9.17, 15) is 37.1 Å². The first-order valence-electron chi connectivity index (χ1n) is 9.60. The lowest BCUT2D eigenvalue weighted by Gasteiger charge is -2.33. The molecule has 5 N–H and O–H groups in total.